The highest BCUT2D eigenvalue weighted by Crippen LogP contribution is 1.67. The number of thiocarbonyl (C=S) groups is 1. The van der Waals surface area contributed by atoms with Gasteiger partial charge in [0.2, 0.25) is 0 Å². The zero-order chi connectivity index (χ0) is 4.12. The van der Waals surface area contributed by atoms with Gasteiger partial charge in [-0.3, -0.25) is 0 Å². The maximum atomic E-state index is 4.92. The standard InChI is InChI=1S/C4H5S/c1-2-3-4-5/h1-2,4H,3H2. The molecule has 1 heteroatoms. The minimum absolute atomic E-state index is 0.731. The van der Waals surface area contributed by atoms with Crippen molar-refractivity contribution >= 4 is 17.6 Å². The summed E-state index contributed by atoms with van der Waals surface area (Å²) >= 11 is 4.41. The lowest BCUT2D eigenvalue weighted by Gasteiger charge is -1.62. The Morgan fingerprint density at radius 2 is 2.40 bits per heavy atom. The Hall–Kier alpha value is -0.170. The number of hydrogen-bond donors (Lipinski definition) is 0. The molecule has 1 radical (unpaired) electrons. The van der Waals surface area contributed by atoms with Crippen LogP contribution < -0.4 is 0 Å². The van der Waals surface area contributed by atoms with Gasteiger partial charge in [0.05, 0.1) is 0 Å². The molecule has 0 aromatic heterocycles. The molecule has 0 spiro atoms. The number of hydrogen-bond acceptors (Lipinski definition) is 1. The fourth-order valence-electron chi connectivity index (χ4n) is 0.0556. The van der Waals surface area contributed by atoms with Crippen LogP contribution in [0.2, 0.25) is 0 Å². The van der Waals surface area contributed by atoms with Crippen molar-refractivity contribution < 1.29 is 0 Å². The van der Waals surface area contributed by atoms with Crippen LogP contribution in [0.25, 0.3) is 0 Å². The van der Waals surface area contributed by atoms with Gasteiger partial charge in [-0.2, -0.15) is 0 Å². The lowest BCUT2D eigenvalue weighted by atomic mass is 10.5. The third kappa shape index (κ3) is 3.83. The molecule has 0 aliphatic heterocycles. The monoisotopic (exact) mass is 85.0 g/mol. The lowest BCUT2D eigenvalue weighted by molar-refractivity contribution is 1.59. The van der Waals surface area contributed by atoms with E-state index in [2.05, 4.69) is 12.2 Å². The zero-order valence-corrected chi connectivity index (χ0v) is 3.66. The van der Waals surface area contributed by atoms with Gasteiger partial charge in [-0.15, -0.1) is 0 Å². The van der Waals surface area contributed by atoms with Crippen molar-refractivity contribution in [1.82, 2.24) is 0 Å². The van der Waals surface area contributed by atoms with Gasteiger partial charge in [0.25, 0.3) is 0 Å². The van der Waals surface area contributed by atoms with Gasteiger partial charge in [0.15, 0.2) is 0 Å². The van der Waals surface area contributed by atoms with Crippen LogP contribution in [0.1, 0.15) is 6.42 Å². The molecule has 0 nitrogen and oxygen atoms in total. The summed E-state index contributed by atoms with van der Waals surface area (Å²) in [6.07, 6.45) is 2.25. The summed E-state index contributed by atoms with van der Waals surface area (Å²) in [6.45, 7) is 4.92. The van der Waals surface area contributed by atoms with Gasteiger partial charge < -0.3 is 0 Å². The van der Waals surface area contributed by atoms with Crippen LogP contribution in [0.5, 0.6) is 0 Å². The average Bonchev–Trinajstić information content (AvgIpc) is 1.41. The molecule has 0 N–H and O–H groups in total. The second kappa shape index (κ2) is 3.83. The molecule has 0 aliphatic carbocycles. The molecule has 27 valence electrons. The van der Waals surface area contributed by atoms with E-state index >= 15 is 0 Å². The highest BCUT2D eigenvalue weighted by molar-refractivity contribution is 7.78. The zero-order valence-electron chi connectivity index (χ0n) is 2.85. The summed E-state index contributed by atoms with van der Waals surface area (Å²) in [7, 11) is 0. The molecule has 0 saturated heterocycles. The third-order valence-electron chi connectivity index (χ3n) is 0.232. The van der Waals surface area contributed by atoms with Gasteiger partial charge in [0.1, 0.15) is 0 Å². The van der Waals surface area contributed by atoms with Crippen LogP contribution >= 0.6 is 12.2 Å². The molecule has 0 rings (SSSR count). The Bertz CT molecular complexity index is 32.9. The summed E-state index contributed by atoms with van der Waals surface area (Å²) in [5.41, 5.74) is 0. The first-order valence-electron chi connectivity index (χ1n) is 1.39. The highest BCUT2D eigenvalue weighted by atomic mass is 32.1. The maximum absolute atomic E-state index is 4.92. The molecule has 0 fully saturated rings. The van der Waals surface area contributed by atoms with Gasteiger partial charge in [-0.1, -0.05) is 24.9 Å². The molecule has 0 heterocycles. The van der Waals surface area contributed by atoms with Crippen LogP contribution in [0, 0.1) is 6.58 Å². The molecular formula is C4H5S. The van der Waals surface area contributed by atoms with Crippen molar-refractivity contribution in [1.29, 1.82) is 0 Å². The van der Waals surface area contributed by atoms with Crippen LogP contribution in [-0.4, -0.2) is 5.37 Å². The first-order valence-corrected chi connectivity index (χ1v) is 1.86. The predicted octanol–water partition coefficient (Wildman–Crippen LogP) is 1.37. The van der Waals surface area contributed by atoms with Gasteiger partial charge >= 0.3 is 0 Å². The van der Waals surface area contributed by atoms with Gasteiger partial charge in [-0.05, 0) is 11.8 Å². The second-order valence-electron chi connectivity index (χ2n) is 0.638. The summed E-state index contributed by atoms with van der Waals surface area (Å²) in [5.74, 6) is 0. The Labute approximate surface area is 37.5 Å². The molecule has 0 saturated carbocycles. The lowest BCUT2D eigenvalue weighted by Crippen LogP contribution is -1.54. The first-order chi connectivity index (χ1) is 2.41. The molecule has 0 aromatic rings. The Balaban J connectivity index is 2.65. The Morgan fingerprint density at radius 3 is 2.40 bits per heavy atom. The van der Waals surface area contributed by atoms with Crippen molar-refractivity contribution in [2.45, 2.75) is 6.42 Å². The highest BCUT2D eigenvalue weighted by Gasteiger charge is 1.55. The van der Waals surface area contributed by atoms with Crippen molar-refractivity contribution in [3.05, 3.63) is 12.7 Å². The van der Waals surface area contributed by atoms with E-state index in [1.54, 1.807) is 5.37 Å². The van der Waals surface area contributed by atoms with E-state index in [9.17, 15) is 0 Å². The van der Waals surface area contributed by atoms with Crippen molar-refractivity contribution in [3.8, 4) is 0 Å². The third-order valence-corrected chi connectivity index (χ3v) is 0.425. The van der Waals surface area contributed by atoms with Crippen LogP contribution in [0.4, 0.5) is 0 Å². The van der Waals surface area contributed by atoms with E-state index in [0.717, 1.165) is 6.42 Å². The Kier molecular flexibility index (Phi) is 3.70. The van der Waals surface area contributed by atoms with E-state index in [1.807, 2.05) is 0 Å². The summed E-state index contributed by atoms with van der Waals surface area (Å²) in [5, 5.41) is 1.58. The summed E-state index contributed by atoms with van der Waals surface area (Å²) < 4.78 is 0. The quantitative estimate of drug-likeness (QED) is 0.456. The SMILES string of the molecule is [CH]=CCC=S. The normalized spacial score (nSPS) is 6.40. The van der Waals surface area contributed by atoms with Crippen LogP contribution in [-0.2, 0) is 0 Å². The van der Waals surface area contributed by atoms with Gasteiger partial charge in [-0.25, -0.2) is 0 Å². The molecular weight excluding hydrogens is 80.1 g/mol. The summed E-state index contributed by atoms with van der Waals surface area (Å²) in [4.78, 5) is 0. The van der Waals surface area contributed by atoms with E-state index < -0.39 is 0 Å². The fraction of sp³-hybridized carbons (Fsp3) is 0.250. The van der Waals surface area contributed by atoms with Crippen molar-refractivity contribution in [2.75, 3.05) is 0 Å². The van der Waals surface area contributed by atoms with Crippen molar-refractivity contribution in [2.24, 2.45) is 0 Å². The topological polar surface area (TPSA) is 0 Å². The molecule has 5 heavy (non-hydrogen) atoms. The molecule has 0 bridgehead atoms. The Morgan fingerprint density at radius 1 is 1.80 bits per heavy atom. The second-order valence-corrected chi connectivity index (χ2v) is 0.971. The number of rotatable bonds is 2. The van der Waals surface area contributed by atoms with E-state index in [0.29, 0.717) is 0 Å². The minimum Gasteiger partial charge on any atom is -0.0931 e. The molecule has 0 atom stereocenters. The smallest absolute Gasteiger partial charge is 0.00608 e. The van der Waals surface area contributed by atoms with E-state index in [4.69, 9.17) is 6.58 Å². The van der Waals surface area contributed by atoms with Crippen LogP contribution in [0.15, 0.2) is 6.08 Å². The maximum Gasteiger partial charge on any atom is -0.00608 e. The average molecular weight is 85.2 g/mol. The first kappa shape index (κ1) is 4.83. The fourth-order valence-corrected chi connectivity index (χ4v) is 0.167. The van der Waals surface area contributed by atoms with Crippen LogP contribution in [0.3, 0.4) is 0 Å². The molecule has 0 amide bonds. The molecule has 0 aromatic carbocycles. The molecule has 0 unspecified atom stereocenters. The van der Waals surface area contributed by atoms with Crippen molar-refractivity contribution in [3.63, 3.8) is 0 Å². The predicted molar refractivity (Wildman–Crippen MR) is 27.1 cm³/mol. The largest absolute Gasteiger partial charge is 0.0931 e. The van der Waals surface area contributed by atoms with E-state index in [-0.39, 0.29) is 0 Å². The molecule has 0 aliphatic rings. The number of allylic oxidation sites excluding steroid dienone is 1. The summed E-state index contributed by atoms with van der Waals surface area (Å²) in [6, 6.07) is 0. The van der Waals surface area contributed by atoms with E-state index in [1.165, 1.54) is 6.08 Å². The minimum atomic E-state index is 0.731. The van der Waals surface area contributed by atoms with Gasteiger partial charge in [0, 0.05) is 0 Å².